The van der Waals surface area contributed by atoms with Gasteiger partial charge in [-0.3, -0.25) is 4.79 Å². The van der Waals surface area contributed by atoms with E-state index < -0.39 is 0 Å². The van der Waals surface area contributed by atoms with Crippen LogP contribution in [-0.4, -0.2) is 37.6 Å². The molecular formula is C7H16N2OS. The zero-order valence-corrected chi connectivity index (χ0v) is 8.12. The molecule has 66 valence electrons. The number of likely N-dealkylation sites (N-methyl/N-ethyl adjacent to an activating group) is 1. The van der Waals surface area contributed by atoms with Crippen LogP contribution in [0, 0.1) is 0 Å². The molecule has 1 amide bonds. The summed E-state index contributed by atoms with van der Waals surface area (Å²) < 4.78 is 0. The van der Waals surface area contributed by atoms with Gasteiger partial charge in [0.2, 0.25) is 5.91 Å². The molecule has 0 aromatic rings. The predicted octanol–water partition coefficient (Wildman–Crippen LogP) is 0.0735. The Hall–Kier alpha value is -0.220. The van der Waals surface area contributed by atoms with Crippen molar-refractivity contribution in [1.29, 1.82) is 0 Å². The van der Waals surface area contributed by atoms with Gasteiger partial charge in [0.1, 0.15) is 0 Å². The third-order valence-electron chi connectivity index (χ3n) is 1.16. The van der Waals surface area contributed by atoms with E-state index in [-0.39, 0.29) is 11.9 Å². The minimum Gasteiger partial charge on any atom is -0.352 e. The molecule has 0 aromatic carbocycles. The van der Waals surface area contributed by atoms with Crippen LogP contribution in [0.1, 0.15) is 6.92 Å². The average Bonchev–Trinajstić information content (AvgIpc) is 1.87. The zero-order valence-electron chi connectivity index (χ0n) is 7.31. The van der Waals surface area contributed by atoms with Crippen LogP contribution in [0.5, 0.6) is 0 Å². The number of amides is 1. The number of thioether (sulfide) groups is 1. The van der Waals surface area contributed by atoms with E-state index in [0.29, 0.717) is 6.54 Å². The van der Waals surface area contributed by atoms with Crippen LogP contribution in [0.4, 0.5) is 0 Å². The number of nitrogens with one attached hydrogen (secondary N) is 2. The lowest BCUT2D eigenvalue weighted by molar-refractivity contribution is -0.120. The lowest BCUT2D eigenvalue weighted by atomic mass is 10.4. The van der Waals surface area contributed by atoms with Crippen LogP contribution >= 0.6 is 11.8 Å². The van der Waals surface area contributed by atoms with Crippen molar-refractivity contribution >= 4 is 17.7 Å². The van der Waals surface area contributed by atoms with Crippen molar-refractivity contribution in [1.82, 2.24) is 10.6 Å². The maximum Gasteiger partial charge on any atom is 0.234 e. The smallest absolute Gasteiger partial charge is 0.234 e. The van der Waals surface area contributed by atoms with Gasteiger partial charge in [0.05, 0.1) is 6.54 Å². The van der Waals surface area contributed by atoms with E-state index in [4.69, 9.17) is 0 Å². The molecule has 0 aliphatic rings. The molecule has 0 saturated heterocycles. The molecule has 0 rings (SSSR count). The Labute approximate surface area is 72.3 Å². The SMILES string of the molecule is CNCC(=O)NC(C)CSC. The van der Waals surface area contributed by atoms with Gasteiger partial charge < -0.3 is 10.6 Å². The highest BCUT2D eigenvalue weighted by molar-refractivity contribution is 7.98. The Morgan fingerprint density at radius 1 is 1.64 bits per heavy atom. The standard InChI is InChI=1S/C7H16N2OS/c1-6(5-11-3)9-7(10)4-8-2/h6,8H,4-5H2,1-3H3,(H,9,10). The molecule has 0 fully saturated rings. The lowest BCUT2D eigenvalue weighted by Gasteiger charge is -2.11. The fourth-order valence-corrected chi connectivity index (χ4v) is 1.36. The van der Waals surface area contributed by atoms with Crippen molar-refractivity contribution in [3.8, 4) is 0 Å². The van der Waals surface area contributed by atoms with E-state index >= 15 is 0 Å². The molecule has 2 N–H and O–H groups in total. The second-order valence-electron chi connectivity index (χ2n) is 2.45. The first-order valence-corrected chi connectivity index (χ1v) is 5.03. The van der Waals surface area contributed by atoms with Crippen LogP contribution in [-0.2, 0) is 4.79 Å². The third kappa shape index (κ3) is 6.19. The van der Waals surface area contributed by atoms with Gasteiger partial charge in [-0.2, -0.15) is 11.8 Å². The molecule has 11 heavy (non-hydrogen) atoms. The average molecular weight is 176 g/mol. The summed E-state index contributed by atoms with van der Waals surface area (Å²) in [6.07, 6.45) is 2.03. The number of carbonyl (C=O) groups is 1. The Kier molecular flexibility index (Phi) is 6.36. The molecule has 0 aliphatic carbocycles. The molecule has 1 atom stereocenters. The summed E-state index contributed by atoms with van der Waals surface area (Å²) in [4.78, 5) is 10.9. The van der Waals surface area contributed by atoms with Crippen LogP contribution in [0.3, 0.4) is 0 Å². The first-order chi connectivity index (χ1) is 5.20. The van der Waals surface area contributed by atoms with E-state index in [0.717, 1.165) is 5.75 Å². The van der Waals surface area contributed by atoms with Gasteiger partial charge in [0, 0.05) is 11.8 Å². The van der Waals surface area contributed by atoms with Crippen LogP contribution in [0.15, 0.2) is 0 Å². The van der Waals surface area contributed by atoms with Gasteiger partial charge in [0.25, 0.3) is 0 Å². The summed E-state index contributed by atoms with van der Waals surface area (Å²) in [6.45, 7) is 2.41. The molecule has 0 heterocycles. The van der Waals surface area contributed by atoms with Gasteiger partial charge in [-0.15, -0.1) is 0 Å². The largest absolute Gasteiger partial charge is 0.352 e. The normalized spacial score (nSPS) is 12.6. The van der Waals surface area contributed by atoms with E-state index in [1.54, 1.807) is 18.8 Å². The van der Waals surface area contributed by atoms with Crippen LogP contribution in [0.25, 0.3) is 0 Å². The van der Waals surface area contributed by atoms with Gasteiger partial charge in [-0.1, -0.05) is 0 Å². The van der Waals surface area contributed by atoms with E-state index in [1.807, 2.05) is 13.2 Å². The van der Waals surface area contributed by atoms with Gasteiger partial charge >= 0.3 is 0 Å². The fourth-order valence-electron chi connectivity index (χ4n) is 0.778. The van der Waals surface area contributed by atoms with Crippen molar-refractivity contribution in [3.63, 3.8) is 0 Å². The maximum atomic E-state index is 10.9. The Morgan fingerprint density at radius 3 is 2.73 bits per heavy atom. The van der Waals surface area contributed by atoms with E-state index in [1.165, 1.54) is 0 Å². The van der Waals surface area contributed by atoms with Crippen molar-refractivity contribution in [3.05, 3.63) is 0 Å². The van der Waals surface area contributed by atoms with Crippen molar-refractivity contribution < 1.29 is 4.79 Å². The molecular weight excluding hydrogens is 160 g/mol. The molecule has 3 nitrogen and oxygen atoms in total. The second kappa shape index (κ2) is 6.49. The van der Waals surface area contributed by atoms with E-state index in [9.17, 15) is 4.79 Å². The highest BCUT2D eigenvalue weighted by Crippen LogP contribution is 1.94. The van der Waals surface area contributed by atoms with Crippen LogP contribution in [0.2, 0.25) is 0 Å². The summed E-state index contributed by atoms with van der Waals surface area (Å²) in [5.41, 5.74) is 0. The number of carbonyl (C=O) groups excluding carboxylic acids is 1. The first kappa shape index (κ1) is 10.8. The van der Waals surface area contributed by atoms with Gasteiger partial charge in [0.15, 0.2) is 0 Å². The summed E-state index contributed by atoms with van der Waals surface area (Å²) in [6, 6.07) is 0.269. The topological polar surface area (TPSA) is 41.1 Å². The van der Waals surface area contributed by atoms with Crippen LogP contribution < -0.4 is 10.6 Å². The first-order valence-electron chi connectivity index (χ1n) is 3.63. The van der Waals surface area contributed by atoms with Crippen molar-refractivity contribution in [2.45, 2.75) is 13.0 Å². The highest BCUT2D eigenvalue weighted by atomic mass is 32.2. The lowest BCUT2D eigenvalue weighted by Crippen LogP contribution is -2.39. The molecule has 0 aromatic heterocycles. The predicted molar refractivity (Wildman–Crippen MR) is 49.9 cm³/mol. The third-order valence-corrected chi connectivity index (χ3v) is 1.99. The highest BCUT2D eigenvalue weighted by Gasteiger charge is 2.03. The molecule has 1 unspecified atom stereocenters. The maximum absolute atomic E-state index is 10.9. The minimum atomic E-state index is 0.0639. The van der Waals surface area contributed by atoms with Gasteiger partial charge in [-0.25, -0.2) is 0 Å². The van der Waals surface area contributed by atoms with Crippen molar-refractivity contribution in [2.24, 2.45) is 0 Å². The number of hydrogen-bond acceptors (Lipinski definition) is 3. The molecule has 0 aliphatic heterocycles. The molecule has 0 radical (unpaired) electrons. The second-order valence-corrected chi connectivity index (χ2v) is 3.36. The molecule has 0 saturated carbocycles. The fraction of sp³-hybridized carbons (Fsp3) is 0.857. The molecule has 0 bridgehead atoms. The monoisotopic (exact) mass is 176 g/mol. The summed E-state index contributed by atoms with van der Waals surface area (Å²) in [5.74, 6) is 1.03. The van der Waals surface area contributed by atoms with E-state index in [2.05, 4.69) is 10.6 Å². The van der Waals surface area contributed by atoms with Gasteiger partial charge in [-0.05, 0) is 20.2 Å². The summed E-state index contributed by atoms with van der Waals surface area (Å²) in [7, 11) is 1.76. The Balaban J connectivity index is 3.40. The number of hydrogen-bond donors (Lipinski definition) is 2. The minimum absolute atomic E-state index is 0.0639. The molecule has 0 spiro atoms. The quantitative estimate of drug-likeness (QED) is 0.623. The zero-order chi connectivity index (χ0) is 8.69. The Morgan fingerprint density at radius 2 is 2.27 bits per heavy atom. The Bertz CT molecular complexity index is 119. The number of rotatable bonds is 5. The summed E-state index contributed by atoms with van der Waals surface area (Å²) >= 11 is 1.73. The van der Waals surface area contributed by atoms with Crippen molar-refractivity contribution in [2.75, 3.05) is 25.6 Å². The summed E-state index contributed by atoms with van der Waals surface area (Å²) in [5, 5.41) is 5.66. The molecule has 4 heteroatoms.